The van der Waals surface area contributed by atoms with Gasteiger partial charge in [0, 0.05) is 36.0 Å². The Kier molecular flexibility index (Phi) is 6.02. The lowest BCUT2D eigenvalue weighted by atomic mass is 9.47. The Labute approximate surface area is 204 Å². The number of nitrogens with one attached hydrogen (secondary N) is 3. The zero-order valence-electron chi connectivity index (χ0n) is 21.2. The van der Waals surface area contributed by atoms with Crippen LogP contribution in [-0.2, 0) is 4.79 Å². The summed E-state index contributed by atoms with van der Waals surface area (Å²) >= 11 is 0. The minimum Gasteiger partial charge on any atom is -0.384 e. The molecule has 1 aromatic carbocycles. The van der Waals surface area contributed by atoms with Gasteiger partial charge in [0.05, 0.1) is 11.4 Å². The fraction of sp³-hybridized carbons (Fsp3) is 0.655. The molecule has 1 aliphatic heterocycles. The summed E-state index contributed by atoms with van der Waals surface area (Å²) in [6.07, 6.45) is 10.6. The highest BCUT2D eigenvalue weighted by atomic mass is 16.1. The zero-order valence-corrected chi connectivity index (χ0v) is 21.2. The van der Waals surface area contributed by atoms with Crippen LogP contribution in [0.15, 0.2) is 30.4 Å². The number of benzene rings is 1. The molecule has 0 spiro atoms. The second kappa shape index (κ2) is 8.73. The molecule has 0 bridgehead atoms. The van der Waals surface area contributed by atoms with E-state index in [9.17, 15) is 9.59 Å². The maximum atomic E-state index is 13.9. The lowest BCUT2D eigenvalue weighted by molar-refractivity contribution is -0.122. The minimum atomic E-state index is 0.0447. The summed E-state index contributed by atoms with van der Waals surface area (Å²) in [6.45, 7) is 10.6. The van der Waals surface area contributed by atoms with Gasteiger partial charge in [0.25, 0.3) is 0 Å². The van der Waals surface area contributed by atoms with Crippen molar-refractivity contribution in [3.63, 3.8) is 0 Å². The summed E-state index contributed by atoms with van der Waals surface area (Å²) < 4.78 is 0. The third-order valence-electron chi connectivity index (χ3n) is 10.0. The first kappa shape index (κ1) is 23.4. The molecule has 1 aromatic rings. The van der Waals surface area contributed by atoms with Crippen molar-refractivity contribution >= 4 is 23.1 Å². The number of carbonyl (C=O) groups excluding carboxylic acids is 2. The van der Waals surface area contributed by atoms with Crippen LogP contribution in [-0.4, -0.2) is 30.8 Å². The van der Waals surface area contributed by atoms with E-state index in [-0.39, 0.29) is 28.7 Å². The van der Waals surface area contributed by atoms with Gasteiger partial charge < -0.3 is 16.0 Å². The number of amides is 1. The Hall–Kier alpha value is -2.30. The molecule has 184 valence electrons. The van der Waals surface area contributed by atoms with Crippen LogP contribution in [0.1, 0.15) is 76.6 Å². The summed E-state index contributed by atoms with van der Waals surface area (Å²) in [6, 6.07) is 6.40. The van der Waals surface area contributed by atoms with Gasteiger partial charge >= 0.3 is 0 Å². The Morgan fingerprint density at radius 3 is 2.53 bits per heavy atom. The van der Waals surface area contributed by atoms with Crippen LogP contribution in [0.25, 0.3) is 0 Å². The maximum Gasteiger partial charge on any atom is 0.243 e. The van der Waals surface area contributed by atoms with E-state index in [1.807, 2.05) is 6.07 Å². The van der Waals surface area contributed by atoms with Crippen LogP contribution in [0.4, 0.5) is 11.4 Å². The number of carbonyl (C=O) groups is 2. The molecule has 1 heterocycles. The third-order valence-corrected chi connectivity index (χ3v) is 10.0. The molecule has 1 unspecified atom stereocenters. The molecule has 5 heteroatoms. The molecule has 7 atom stereocenters. The monoisotopic (exact) mass is 463 g/mol. The summed E-state index contributed by atoms with van der Waals surface area (Å²) in [7, 11) is 0. The average molecular weight is 464 g/mol. The minimum absolute atomic E-state index is 0.0447. The number of ketones is 1. The molecule has 34 heavy (non-hydrogen) atoms. The van der Waals surface area contributed by atoms with Crippen molar-refractivity contribution in [1.82, 2.24) is 5.32 Å². The fourth-order valence-electron chi connectivity index (χ4n) is 8.34. The molecule has 5 rings (SSSR count). The summed E-state index contributed by atoms with van der Waals surface area (Å²) in [5.41, 5.74) is 3.05. The average Bonchev–Trinajstić information content (AvgIpc) is 3.17. The van der Waals surface area contributed by atoms with E-state index in [2.05, 4.69) is 61.9 Å². The number of hydrogen-bond acceptors (Lipinski definition) is 4. The number of hydrogen-bond donors (Lipinski definition) is 3. The lowest BCUT2D eigenvalue weighted by Crippen LogP contribution is -2.59. The van der Waals surface area contributed by atoms with E-state index in [1.165, 1.54) is 6.42 Å². The Morgan fingerprint density at radius 1 is 1.00 bits per heavy atom. The number of rotatable bonds is 6. The van der Waals surface area contributed by atoms with Crippen LogP contribution in [0.3, 0.4) is 0 Å². The van der Waals surface area contributed by atoms with E-state index < -0.39 is 0 Å². The second-order valence-corrected chi connectivity index (χ2v) is 11.6. The van der Waals surface area contributed by atoms with E-state index in [1.54, 1.807) is 6.08 Å². The smallest absolute Gasteiger partial charge is 0.243 e. The first-order chi connectivity index (χ1) is 16.3. The molecule has 3 saturated carbocycles. The van der Waals surface area contributed by atoms with Gasteiger partial charge in [0.15, 0.2) is 5.78 Å². The summed E-state index contributed by atoms with van der Waals surface area (Å²) in [5, 5.41) is 10.1. The molecular weight excluding hydrogens is 422 g/mol. The molecule has 0 saturated heterocycles. The molecule has 3 fully saturated rings. The number of fused-ring (bicyclic) bond motifs is 5. The largest absolute Gasteiger partial charge is 0.384 e. The number of anilines is 2. The second-order valence-electron chi connectivity index (χ2n) is 11.6. The van der Waals surface area contributed by atoms with E-state index in [0.29, 0.717) is 23.5 Å². The van der Waals surface area contributed by atoms with Gasteiger partial charge in [-0.25, -0.2) is 0 Å². The van der Waals surface area contributed by atoms with Gasteiger partial charge in [-0.3, -0.25) is 9.59 Å². The van der Waals surface area contributed by atoms with Gasteiger partial charge in [-0.1, -0.05) is 19.9 Å². The standard InChI is InChI=1S/C29H41N3O2/c1-5-30-23-11-7-18(17-24(23)31-6-2)27(34)22-10-9-20-19-8-12-25-29(4,16-14-26(33)32-25)21(19)13-15-28(20,22)3/h7,11,14,16-17,19-22,25,30-31H,5-6,8-10,12-13,15H2,1-4H3,(H,32,33)/t19-,20-,21-,22+,25?,28-,29+/m0/s1. The van der Waals surface area contributed by atoms with Gasteiger partial charge in [-0.05, 0) is 99.8 Å². The lowest BCUT2D eigenvalue weighted by Gasteiger charge is -2.58. The molecule has 5 nitrogen and oxygen atoms in total. The Morgan fingerprint density at radius 2 is 1.76 bits per heavy atom. The van der Waals surface area contributed by atoms with Gasteiger partial charge in [-0.15, -0.1) is 0 Å². The highest BCUT2D eigenvalue weighted by Crippen LogP contribution is 2.65. The first-order valence-corrected chi connectivity index (χ1v) is 13.5. The van der Waals surface area contributed by atoms with Crippen molar-refractivity contribution in [2.45, 2.75) is 72.3 Å². The van der Waals surface area contributed by atoms with Crippen molar-refractivity contribution < 1.29 is 9.59 Å². The van der Waals surface area contributed by atoms with Gasteiger partial charge in [-0.2, -0.15) is 0 Å². The van der Waals surface area contributed by atoms with Crippen LogP contribution < -0.4 is 16.0 Å². The Balaban J connectivity index is 1.39. The number of Topliss-reactive ketones (excluding diaryl/α,β-unsaturated/α-hetero) is 1. The highest BCUT2D eigenvalue weighted by Gasteiger charge is 2.60. The normalized spacial score (nSPS) is 38.4. The van der Waals surface area contributed by atoms with Crippen LogP contribution in [0.5, 0.6) is 0 Å². The SMILES string of the molecule is CCNc1ccc(C(=O)[C@H]2CC[C@H]3[C@@H]4CCC5NC(=O)C=C[C@]5(C)[C@H]4CC[C@]23C)cc1NCC. The molecule has 0 radical (unpaired) electrons. The molecule has 1 amide bonds. The molecule has 4 aliphatic rings. The Bertz CT molecular complexity index is 1000. The fourth-order valence-corrected chi connectivity index (χ4v) is 8.34. The summed E-state index contributed by atoms with van der Waals surface area (Å²) in [5.74, 6) is 2.32. The summed E-state index contributed by atoms with van der Waals surface area (Å²) in [4.78, 5) is 25.9. The van der Waals surface area contributed by atoms with Crippen molar-refractivity contribution in [1.29, 1.82) is 0 Å². The maximum absolute atomic E-state index is 13.9. The third kappa shape index (κ3) is 3.58. The highest BCUT2D eigenvalue weighted by molar-refractivity contribution is 6.00. The predicted octanol–water partition coefficient (Wildman–Crippen LogP) is 5.65. The van der Waals surface area contributed by atoms with Crippen molar-refractivity contribution in [3.8, 4) is 0 Å². The first-order valence-electron chi connectivity index (χ1n) is 13.5. The van der Waals surface area contributed by atoms with Crippen LogP contribution in [0, 0.1) is 34.5 Å². The van der Waals surface area contributed by atoms with Crippen molar-refractivity contribution in [2.24, 2.45) is 34.5 Å². The molecule has 0 aromatic heterocycles. The van der Waals surface area contributed by atoms with Gasteiger partial charge in [0.2, 0.25) is 5.91 Å². The molecule has 3 aliphatic carbocycles. The van der Waals surface area contributed by atoms with Crippen LogP contribution >= 0.6 is 0 Å². The quantitative estimate of drug-likeness (QED) is 0.477. The zero-order chi connectivity index (χ0) is 24.1. The van der Waals surface area contributed by atoms with Crippen molar-refractivity contribution in [2.75, 3.05) is 23.7 Å². The van der Waals surface area contributed by atoms with Gasteiger partial charge in [0.1, 0.15) is 0 Å². The van der Waals surface area contributed by atoms with Crippen LogP contribution in [0.2, 0.25) is 0 Å². The van der Waals surface area contributed by atoms with E-state index >= 15 is 0 Å². The molecular formula is C29H41N3O2. The van der Waals surface area contributed by atoms with E-state index in [4.69, 9.17) is 0 Å². The van der Waals surface area contributed by atoms with E-state index in [0.717, 1.165) is 62.1 Å². The topological polar surface area (TPSA) is 70.2 Å². The predicted molar refractivity (Wildman–Crippen MR) is 138 cm³/mol. The van der Waals surface area contributed by atoms with Crippen molar-refractivity contribution in [3.05, 3.63) is 35.9 Å². The molecule has 3 N–H and O–H groups in total.